The van der Waals surface area contributed by atoms with Crippen LogP contribution in [0, 0.1) is 0 Å². The number of methoxy groups -OCH3 is 1. The molecule has 0 bridgehead atoms. The van der Waals surface area contributed by atoms with Crippen LogP contribution >= 0.6 is 0 Å². The van der Waals surface area contributed by atoms with E-state index in [0.29, 0.717) is 11.1 Å². The normalized spacial score (nSPS) is 24.1. The fourth-order valence-corrected chi connectivity index (χ4v) is 3.83. The SMILES string of the molecule is COC(=O)[C@]1(O)C[C@@H](O)[C@@H](OC(=O)Cc2ccc(O)cc2)[C@H](OC(=O)Cc2ccc(O)cc2)C1. The van der Waals surface area contributed by atoms with Gasteiger partial charge in [0.25, 0.3) is 0 Å². The molecule has 3 rings (SSSR count). The summed E-state index contributed by atoms with van der Waals surface area (Å²) in [7, 11) is 1.07. The number of phenols is 2. The van der Waals surface area contributed by atoms with Crippen molar-refractivity contribution in [1.82, 2.24) is 0 Å². The summed E-state index contributed by atoms with van der Waals surface area (Å²) in [4.78, 5) is 37.2. The molecule has 0 aliphatic heterocycles. The first-order chi connectivity index (χ1) is 16.1. The van der Waals surface area contributed by atoms with Crippen molar-refractivity contribution in [2.24, 2.45) is 0 Å². The number of carbonyl (C=O) groups is 3. The number of aromatic hydroxyl groups is 2. The van der Waals surface area contributed by atoms with Gasteiger partial charge in [-0.1, -0.05) is 24.3 Å². The van der Waals surface area contributed by atoms with Crippen LogP contribution in [-0.4, -0.2) is 69.4 Å². The summed E-state index contributed by atoms with van der Waals surface area (Å²) in [6.45, 7) is 0. The number of aliphatic hydroxyl groups excluding tert-OH is 1. The lowest BCUT2D eigenvalue weighted by atomic mass is 9.79. The summed E-state index contributed by atoms with van der Waals surface area (Å²) in [6, 6.07) is 11.7. The van der Waals surface area contributed by atoms with Gasteiger partial charge in [0.15, 0.2) is 11.7 Å². The molecule has 1 aliphatic carbocycles. The molecule has 0 heterocycles. The monoisotopic (exact) mass is 474 g/mol. The number of aliphatic hydroxyl groups is 2. The van der Waals surface area contributed by atoms with Crippen LogP contribution < -0.4 is 0 Å². The van der Waals surface area contributed by atoms with Crippen LogP contribution in [0.3, 0.4) is 0 Å². The number of carbonyl (C=O) groups excluding carboxylic acids is 3. The van der Waals surface area contributed by atoms with Crippen LogP contribution in [0.1, 0.15) is 24.0 Å². The number of hydrogen-bond acceptors (Lipinski definition) is 10. The van der Waals surface area contributed by atoms with E-state index in [9.17, 15) is 34.8 Å². The van der Waals surface area contributed by atoms with Crippen molar-refractivity contribution < 1.29 is 49.0 Å². The number of rotatable bonds is 7. The Morgan fingerprint density at radius 2 is 1.32 bits per heavy atom. The fraction of sp³-hybridized carbons (Fsp3) is 0.375. The Morgan fingerprint density at radius 1 is 0.853 bits per heavy atom. The Hall–Kier alpha value is -3.63. The summed E-state index contributed by atoms with van der Waals surface area (Å²) in [5.74, 6) is -2.45. The zero-order valence-corrected chi connectivity index (χ0v) is 18.4. The molecule has 182 valence electrons. The van der Waals surface area contributed by atoms with Gasteiger partial charge >= 0.3 is 17.9 Å². The fourth-order valence-electron chi connectivity index (χ4n) is 3.83. The van der Waals surface area contributed by atoms with Crippen LogP contribution in [0.5, 0.6) is 11.5 Å². The zero-order valence-electron chi connectivity index (χ0n) is 18.4. The standard InChI is InChI=1S/C24H26O10/c1-32-23(30)24(31)12-18(27)22(34-21(29)11-15-4-8-17(26)9-5-15)19(13-24)33-20(28)10-14-2-6-16(25)7-3-14/h2-9,18-19,22,25-27,31H,10-13H2,1H3/t18-,19-,22-,24+/m1/s1. The molecule has 0 radical (unpaired) electrons. The molecule has 0 spiro atoms. The molecular formula is C24H26O10. The van der Waals surface area contributed by atoms with Crippen molar-refractivity contribution in [2.75, 3.05) is 7.11 Å². The van der Waals surface area contributed by atoms with E-state index in [1.807, 2.05) is 0 Å². The van der Waals surface area contributed by atoms with Crippen molar-refractivity contribution in [3.63, 3.8) is 0 Å². The van der Waals surface area contributed by atoms with Crippen LogP contribution in [0.25, 0.3) is 0 Å². The summed E-state index contributed by atoms with van der Waals surface area (Å²) in [6.07, 6.45) is -5.50. The molecule has 0 saturated heterocycles. The van der Waals surface area contributed by atoms with Crippen molar-refractivity contribution in [3.05, 3.63) is 59.7 Å². The average molecular weight is 474 g/mol. The molecule has 4 atom stereocenters. The Labute approximate surface area is 195 Å². The predicted molar refractivity (Wildman–Crippen MR) is 116 cm³/mol. The van der Waals surface area contributed by atoms with E-state index in [0.717, 1.165) is 7.11 Å². The molecule has 10 heteroatoms. The number of phenolic OH excluding ortho intramolecular Hbond substituents is 2. The molecule has 4 N–H and O–H groups in total. The van der Waals surface area contributed by atoms with Crippen LogP contribution in [-0.2, 0) is 41.4 Å². The van der Waals surface area contributed by atoms with E-state index in [-0.39, 0.29) is 24.3 Å². The molecule has 1 aliphatic rings. The first kappa shape index (κ1) is 25.0. The average Bonchev–Trinajstić information content (AvgIpc) is 2.78. The number of hydrogen-bond donors (Lipinski definition) is 4. The van der Waals surface area contributed by atoms with E-state index < -0.39 is 54.7 Å². The Kier molecular flexibility index (Phi) is 7.75. The minimum Gasteiger partial charge on any atom is -0.508 e. The highest BCUT2D eigenvalue weighted by Gasteiger charge is 2.53. The van der Waals surface area contributed by atoms with E-state index in [4.69, 9.17) is 9.47 Å². The molecule has 1 fully saturated rings. The number of ether oxygens (including phenoxy) is 3. The summed E-state index contributed by atoms with van der Waals surface area (Å²) in [5, 5.41) is 40.1. The van der Waals surface area contributed by atoms with Crippen LogP contribution in [0.4, 0.5) is 0 Å². The van der Waals surface area contributed by atoms with Crippen LogP contribution in [0.2, 0.25) is 0 Å². The molecule has 1 saturated carbocycles. The van der Waals surface area contributed by atoms with Gasteiger partial charge in [-0.15, -0.1) is 0 Å². The number of benzene rings is 2. The lowest BCUT2D eigenvalue weighted by Gasteiger charge is -2.41. The maximum atomic E-state index is 12.5. The first-order valence-electron chi connectivity index (χ1n) is 10.5. The third kappa shape index (κ3) is 6.24. The second-order valence-corrected chi connectivity index (χ2v) is 8.17. The topological polar surface area (TPSA) is 160 Å². The molecule has 10 nitrogen and oxygen atoms in total. The van der Waals surface area contributed by atoms with Gasteiger partial charge in [0.05, 0.1) is 26.1 Å². The quantitative estimate of drug-likeness (QED) is 0.333. The van der Waals surface area contributed by atoms with Gasteiger partial charge in [0.2, 0.25) is 0 Å². The molecule has 34 heavy (non-hydrogen) atoms. The minimum absolute atomic E-state index is 0.0243. The molecule has 0 amide bonds. The van der Waals surface area contributed by atoms with E-state index in [2.05, 4.69) is 4.74 Å². The highest BCUT2D eigenvalue weighted by Crippen LogP contribution is 2.34. The molecular weight excluding hydrogens is 448 g/mol. The maximum absolute atomic E-state index is 12.5. The van der Waals surface area contributed by atoms with Crippen molar-refractivity contribution >= 4 is 17.9 Å². The molecule has 0 aromatic heterocycles. The van der Waals surface area contributed by atoms with Crippen molar-refractivity contribution in [3.8, 4) is 11.5 Å². The van der Waals surface area contributed by atoms with Crippen molar-refractivity contribution in [1.29, 1.82) is 0 Å². The lowest BCUT2D eigenvalue weighted by molar-refractivity contribution is -0.209. The lowest BCUT2D eigenvalue weighted by Crippen LogP contribution is -2.58. The number of esters is 3. The van der Waals surface area contributed by atoms with Gasteiger partial charge in [-0.05, 0) is 35.4 Å². The first-order valence-corrected chi connectivity index (χ1v) is 10.5. The molecule has 0 unspecified atom stereocenters. The third-order valence-electron chi connectivity index (χ3n) is 5.52. The van der Waals surface area contributed by atoms with Gasteiger partial charge < -0.3 is 34.6 Å². The Morgan fingerprint density at radius 3 is 1.79 bits per heavy atom. The van der Waals surface area contributed by atoms with Crippen LogP contribution in [0.15, 0.2) is 48.5 Å². The van der Waals surface area contributed by atoms with Gasteiger partial charge in [-0.3, -0.25) is 9.59 Å². The molecule has 2 aromatic carbocycles. The second-order valence-electron chi connectivity index (χ2n) is 8.17. The summed E-state index contributed by atoms with van der Waals surface area (Å²) in [5.41, 5.74) is -1.07. The van der Waals surface area contributed by atoms with Gasteiger partial charge in [0, 0.05) is 12.8 Å². The van der Waals surface area contributed by atoms with Gasteiger partial charge in [0.1, 0.15) is 17.6 Å². The van der Waals surface area contributed by atoms with Crippen molar-refractivity contribution in [2.45, 2.75) is 49.6 Å². The highest BCUT2D eigenvalue weighted by molar-refractivity contribution is 5.80. The van der Waals surface area contributed by atoms with E-state index in [1.165, 1.54) is 48.5 Å². The summed E-state index contributed by atoms with van der Waals surface area (Å²) < 4.78 is 15.4. The highest BCUT2D eigenvalue weighted by atomic mass is 16.6. The third-order valence-corrected chi connectivity index (χ3v) is 5.52. The largest absolute Gasteiger partial charge is 0.508 e. The second kappa shape index (κ2) is 10.5. The molecule has 2 aromatic rings. The maximum Gasteiger partial charge on any atom is 0.338 e. The van der Waals surface area contributed by atoms with Gasteiger partial charge in [-0.2, -0.15) is 0 Å². The Bertz CT molecular complexity index is 1020. The minimum atomic E-state index is -2.14. The van der Waals surface area contributed by atoms with Gasteiger partial charge in [-0.25, -0.2) is 4.79 Å². The summed E-state index contributed by atoms with van der Waals surface area (Å²) >= 11 is 0. The van der Waals surface area contributed by atoms with E-state index in [1.54, 1.807) is 0 Å². The smallest absolute Gasteiger partial charge is 0.338 e. The zero-order chi connectivity index (χ0) is 24.9. The van der Waals surface area contributed by atoms with E-state index >= 15 is 0 Å². The Balaban J connectivity index is 1.74. The predicted octanol–water partition coefficient (Wildman–Crippen LogP) is 0.765.